The Labute approximate surface area is 129 Å². The predicted octanol–water partition coefficient (Wildman–Crippen LogP) is 2.57. The number of nitrogens with one attached hydrogen (secondary N) is 1. The van der Waals surface area contributed by atoms with Crippen molar-refractivity contribution in [1.82, 2.24) is 9.97 Å². The summed E-state index contributed by atoms with van der Waals surface area (Å²) in [5, 5.41) is 3.38. The van der Waals surface area contributed by atoms with E-state index in [-0.39, 0.29) is 11.9 Å². The number of amides is 1. The molecular formula is C17H18N4O. The molecule has 0 bridgehead atoms. The number of benzene rings is 1. The van der Waals surface area contributed by atoms with Crippen LogP contribution in [0.3, 0.4) is 0 Å². The molecule has 1 aliphatic carbocycles. The van der Waals surface area contributed by atoms with E-state index in [1.165, 1.54) is 12.8 Å². The number of carbonyl (C=O) groups excluding carboxylic acids is 1. The molecule has 1 saturated carbocycles. The summed E-state index contributed by atoms with van der Waals surface area (Å²) < 4.78 is 0. The molecule has 1 amide bonds. The topological polar surface area (TPSA) is 58.1 Å². The highest BCUT2D eigenvalue weighted by Crippen LogP contribution is 2.38. The lowest BCUT2D eigenvalue weighted by Gasteiger charge is -2.17. The van der Waals surface area contributed by atoms with Gasteiger partial charge < -0.3 is 10.2 Å². The quantitative estimate of drug-likeness (QED) is 0.941. The van der Waals surface area contributed by atoms with Crippen molar-refractivity contribution in [2.75, 3.05) is 16.8 Å². The number of hydrogen-bond acceptors (Lipinski definition) is 4. The van der Waals surface area contributed by atoms with E-state index in [0.29, 0.717) is 18.9 Å². The van der Waals surface area contributed by atoms with Crippen LogP contribution in [0.5, 0.6) is 0 Å². The molecule has 0 radical (unpaired) electrons. The smallest absolute Gasteiger partial charge is 0.229 e. The summed E-state index contributed by atoms with van der Waals surface area (Å²) >= 11 is 0. The van der Waals surface area contributed by atoms with Crippen LogP contribution in [0.4, 0.5) is 11.5 Å². The van der Waals surface area contributed by atoms with Crippen molar-refractivity contribution in [3.8, 4) is 0 Å². The zero-order valence-corrected chi connectivity index (χ0v) is 12.3. The molecule has 2 aliphatic rings. The minimum absolute atomic E-state index is 0.0923. The van der Waals surface area contributed by atoms with Crippen LogP contribution in [0, 0.1) is 0 Å². The van der Waals surface area contributed by atoms with Crippen molar-refractivity contribution in [3.05, 3.63) is 48.4 Å². The summed E-state index contributed by atoms with van der Waals surface area (Å²) in [4.78, 5) is 22.9. The maximum absolute atomic E-state index is 12.2. The molecule has 112 valence electrons. The molecule has 22 heavy (non-hydrogen) atoms. The Morgan fingerprint density at radius 3 is 2.73 bits per heavy atom. The van der Waals surface area contributed by atoms with Gasteiger partial charge in [0, 0.05) is 30.8 Å². The SMILES string of the molecule is O=C1CC(Nc2ccnc(C3CC3)n2)CN1c1ccccc1. The van der Waals surface area contributed by atoms with Crippen LogP contribution in [0.1, 0.15) is 31.0 Å². The molecular weight excluding hydrogens is 276 g/mol. The summed E-state index contributed by atoms with van der Waals surface area (Å²) in [6.45, 7) is 0.672. The van der Waals surface area contributed by atoms with Crippen molar-refractivity contribution in [1.29, 1.82) is 0 Å². The molecule has 1 saturated heterocycles. The van der Waals surface area contributed by atoms with Crippen molar-refractivity contribution < 1.29 is 4.79 Å². The first kappa shape index (κ1) is 13.2. The second-order valence-electron chi connectivity index (χ2n) is 5.96. The Morgan fingerprint density at radius 1 is 1.14 bits per heavy atom. The number of nitrogens with zero attached hydrogens (tertiary/aromatic N) is 3. The maximum atomic E-state index is 12.2. The first-order chi connectivity index (χ1) is 10.8. The minimum atomic E-state index is 0.0923. The Hall–Kier alpha value is -2.43. The van der Waals surface area contributed by atoms with Gasteiger partial charge >= 0.3 is 0 Å². The summed E-state index contributed by atoms with van der Waals surface area (Å²) in [5.74, 6) is 2.44. The van der Waals surface area contributed by atoms with Gasteiger partial charge in [0.2, 0.25) is 5.91 Å². The third-order valence-electron chi connectivity index (χ3n) is 4.16. The third-order valence-corrected chi connectivity index (χ3v) is 4.16. The molecule has 1 N–H and O–H groups in total. The van der Waals surface area contributed by atoms with Gasteiger partial charge in [-0.15, -0.1) is 0 Å². The fraction of sp³-hybridized carbons (Fsp3) is 0.353. The molecule has 2 fully saturated rings. The molecule has 1 unspecified atom stereocenters. The first-order valence-electron chi connectivity index (χ1n) is 7.74. The lowest BCUT2D eigenvalue weighted by Crippen LogP contribution is -2.27. The second-order valence-corrected chi connectivity index (χ2v) is 5.96. The number of para-hydroxylation sites is 1. The van der Waals surface area contributed by atoms with Crippen molar-refractivity contribution in [2.24, 2.45) is 0 Å². The maximum Gasteiger partial charge on any atom is 0.229 e. The van der Waals surface area contributed by atoms with Gasteiger partial charge in [0.15, 0.2) is 0 Å². The van der Waals surface area contributed by atoms with E-state index in [4.69, 9.17) is 0 Å². The van der Waals surface area contributed by atoms with Gasteiger partial charge in [0.05, 0.1) is 6.04 Å². The van der Waals surface area contributed by atoms with Gasteiger partial charge in [0.1, 0.15) is 11.6 Å². The molecule has 5 heteroatoms. The molecule has 1 aromatic carbocycles. The van der Waals surface area contributed by atoms with E-state index < -0.39 is 0 Å². The van der Waals surface area contributed by atoms with Crippen molar-refractivity contribution >= 4 is 17.4 Å². The van der Waals surface area contributed by atoms with E-state index >= 15 is 0 Å². The Kier molecular flexibility index (Phi) is 3.25. The lowest BCUT2D eigenvalue weighted by molar-refractivity contribution is -0.117. The zero-order chi connectivity index (χ0) is 14.9. The summed E-state index contributed by atoms with van der Waals surface area (Å²) in [7, 11) is 0. The monoisotopic (exact) mass is 294 g/mol. The van der Waals surface area contributed by atoms with E-state index in [2.05, 4.69) is 15.3 Å². The molecule has 2 heterocycles. The molecule has 4 rings (SSSR count). The highest BCUT2D eigenvalue weighted by Gasteiger charge is 2.31. The van der Waals surface area contributed by atoms with Gasteiger partial charge in [-0.2, -0.15) is 0 Å². The average Bonchev–Trinajstić information content (AvgIpc) is 3.33. The molecule has 1 aliphatic heterocycles. The van der Waals surface area contributed by atoms with Crippen LogP contribution in [-0.2, 0) is 4.79 Å². The number of aromatic nitrogens is 2. The Balaban J connectivity index is 1.46. The van der Waals surface area contributed by atoms with E-state index in [1.807, 2.05) is 41.3 Å². The molecule has 2 aromatic rings. The van der Waals surface area contributed by atoms with Crippen LogP contribution in [0.25, 0.3) is 0 Å². The van der Waals surface area contributed by atoms with Crippen LogP contribution in [0.15, 0.2) is 42.6 Å². The van der Waals surface area contributed by atoms with Gasteiger partial charge in [-0.1, -0.05) is 18.2 Å². The highest BCUT2D eigenvalue weighted by atomic mass is 16.2. The average molecular weight is 294 g/mol. The second kappa shape index (κ2) is 5.40. The first-order valence-corrected chi connectivity index (χ1v) is 7.74. The minimum Gasteiger partial charge on any atom is -0.365 e. The largest absolute Gasteiger partial charge is 0.365 e. The summed E-state index contributed by atoms with van der Waals surface area (Å²) in [6, 6.07) is 11.8. The normalized spacial score (nSPS) is 21.2. The molecule has 1 atom stereocenters. The number of hydrogen-bond donors (Lipinski definition) is 1. The number of carbonyl (C=O) groups is 1. The Bertz CT molecular complexity index is 684. The molecule has 0 spiro atoms. The van der Waals surface area contributed by atoms with Gasteiger partial charge in [-0.3, -0.25) is 4.79 Å². The standard InChI is InChI=1S/C17H18N4O/c22-16-10-13(11-21(16)14-4-2-1-3-5-14)19-15-8-9-18-17(20-15)12-6-7-12/h1-5,8-9,12-13H,6-7,10-11H2,(H,18,19,20). The fourth-order valence-electron chi connectivity index (χ4n) is 2.86. The fourth-order valence-corrected chi connectivity index (χ4v) is 2.86. The lowest BCUT2D eigenvalue weighted by atomic mass is 10.2. The van der Waals surface area contributed by atoms with Crippen LogP contribution < -0.4 is 10.2 Å². The van der Waals surface area contributed by atoms with Gasteiger partial charge in [-0.05, 0) is 31.0 Å². The predicted molar refractivity (Wildman–Crippen MR) is 84.8 cm³/mol. The molecule has 1 aromatic heterocycles. The highest BCUT2D eigenvalue weighted by molar-refractivity contribution is 5.96. The van der Waals surface area contributed by atoms with Crippen molar-refractivity contribution in [3.63, 3.8) is 0 Å². The van der Waals surface area contributed by atoms with E-state index in [1.54, 1.807) is 6.20 Å². The van der Waals surface area contributed by atoms with Crippen LogP contribution >= 0.6 is 0 Å². The Morgan fingerprint density at radius 2 is 1.95 bits per heavy atom. The third kappa shape index (κ3) is 2.66. The number of rotatable bonds is 4. The summed E-state index contributed by atoms with van der Waals surface area (Å²) in [5.41, 5.74) is 0.957. The number of anilines is 2. The zero-order valence-electron chi connectivity index (χ0n) is 12.3. The van der Waals surface area contributed by atoms with Gasteiger partial charge in [-0.25, -0.2) is 9.97 Å². The summed E-state index contributed by atoms with van der Waals surface area (Å²) in [6.07, 6.45) is 4.67. The van der Waals surface area contributed by atoms with Crippen LogP contribution in [0.2, 0.25) is 0 Å². The van der Waals surface area contributed by atoms with Gasteiger partial charge in [0.25, 0.3) is 0 Å². The van der Waals surface area contributed by atoms with Crippen molar-refractivity contribution in [2.45, 2.75) is 31.2 Å². The molecule has 5 nitrogen and oxygen atoms in total. The van der Waals surface area contributed by atoms with E-state index in [9.17, 15) is 4.79 Å². The van der Waals surface area contributed by atoms with Crippen LogP contribution in [-0.4, -0.2) is 28.5 Å². The van der Waals surface area contributed by atoms with E-state index in [0.717, 1.165) is 17.3 Å².